The number of hydrogen-bond donors (Lipinski definition) is 2. The van der Waals surface area contributed by atoms with Gasteiger partial charge >= 0.3 is 0 Å². The molecule has 1 heterocycles. The Hall–Kier alpha value is -1.09. The van der Waals surface area contributed by atoms with E-state index in [0.29, 0.717) is 6.42 Å². The van der Waals surface area contributed by atoms with E-state index in [1.165, 1.54) is 0 Å². The predicted molar refractivity (Wildman–Crippen MR) is 48.2 cm³/mol. The standard InChI is InChI=1S/C9H14N2O/c1-3-8-7(4-6(2)10)5-9(12)11-8/h3-4,6H,5,10H2,1-2H3,(H,11,12)/b7-4-,8-3+. The first-order valence-electron chi connectivity index (χ1n) is 4.06. The van der Waals surface area contributed by atoms with Gasteiger partial charge in [-0.3, -0.25) is 4.79 Å². The lowest BCUT2D eigenvalue weighted by Crippen LogP contribution is -2.12. The zero-order valence-electron chi connectivity index (χ0n) is 7.42. The number of rotatable bonds is 1. The highest BCUT2D eigenvalue weighted by molar-refractivity contribution is 5.86. The van der Waals surface area contributed by atoms with Crippen molar-refractivity contribution in [3.05, 3.63) is 23.4 Å². The van der Waals surface area contributed by atoms with Crippen molar-refractivity contribution in [3.63, 3.8) is 0 Å². The van der Waals surface area contributed by atoms with E-state index in [4.69, 9.17) is 5.73 Å². The maximum atomic E-state index is 11.0. The van der Waals surface area contributed by atoms with E-state index in [0.717, 1.165) is 11.3 Å². The molecule has 0 aromatic carbocycles. The van der Waals surface area contributed by atoms with E-state index in [2.05, 4.69) is 5.32 Å². The summed E-state index contributed by atoms with van der Waals surface area (Å²) >= 11 is 0. The molecule has 1 saturated heterocycles. The Kier molecular flexibility index (Phi) is 2.65. The molecule has 1 unspecified atom stereocenters. The van der Waals surface area contributed by atoms with Crippen LogP contribution in [0.1, 0.15) is 20.3 Å². The van der Waals surface area contributed by atoms with Gasteiger partial charge in [-0.1, -0.05) is 12.2 Å². The quantitative estimate of drug-likeness (QED) is 0.602. The molecule has 1 aliphatic heterocycles. The van der Waals surface area contributed by atoms with Crippen LogP contribution in [0.15, 0.2) is 23.4 Å². The Morgan fingerprint density at radius 2 is 2.33 bits per heavy atom. The molecule has 0 spiro atoms. The summed E-state index contributed by atoms with van der Waals surface area (Å²) in [4.78, 5) is 11.0. The number of carbonyl (C=O) groups excluding carboxylic acids is 1. The third-order valence-corrected chi connectivity index (χ3v) is 1.72. The van der Waals surface area contributed by atoms with E-state index in [-0.39, 0.29) is 11.9 Å². The van der Waals surface area contributed by atoms with Gasteiger partial charge in [-0.2, -0.15) is 0 Å². The second-order valence-electron chi connectivity index (χ2n) is 2.98. The van der Waals surface area contributed by atoms with Crippen molar-refractivity contribution in [1.29, 1.82) is 0 Å². The highest BCUT2D eigenvalue weighted by Crippen LogP contribution is 2.18. The molecule has 0 bridgehead atoms. The second kappa shape index (κ2) is 3.54. The summed E-state index contributed by atoms with van der Waals surface area (Å²) in [6.07, 6.45) is 4.26. The highest BCUT2D eigenvalue weighted by atomic mass is 16.1. The van der Waals surface area contributed by atoms with Gasteiger partial charge in [0.15, 0.2) is 0 Å². The number of nitrogens with one attached hydrogen (secondary N) is 1. The van der Waals surface area contributed by atoms with Gasteiger partial charge in [-0.05, 0) is 19.4 Å². The topological polar surface area (TPSA) is 55.1 Å². The van der Waals surface area contributed by atoms with Gasteiger partial charge in [0.05, 0.1) is 6.42 Å². The minimum Gasteiger partial charge on any atom is -0.326 e. The molecule has 1 rings (SSSR count). The van der Waals surface area contributed by atoms with Gasteiger partial charge in [0.2, 0.25) is 5.91 Å². The molecule has 1 aliphatic rings. The largest absolute Gasteiger partial charge is 0.326 e. The summed E-state index contributed by atoms with van der Waals surface area (Å²) in [5.74, 6) is 0.0509. The zero-order chi connectivity index (χ0) is 9.14. The Labute approximate surface area is 72.3 Å². The smallest absolute Gasteiger partial charge is 0.228 e. The molecule has 1 amide bonds. The highest BCUT2D eigenvalue weighted by Gasteiger charge is 2.19. The van der Waals surface area contributed by atoms with E-state index in [9.17, 15) is 4.79 Å². The summed E-state index contributed by atoms with van der Waals surface area (Å²) < 4.78 is 0. The van der Waals surface area contributed by atoms with Crippen molar-refractivity contribution >= 4 is 5.91 Å². The zero-order valence-corrected chi connectivity index (χ0v) is 7.42. The summed E-state index contributed by atoms with van der Waals surface area (Å²) in [7, 11) is 0. The number of nitrogens with two attached hydrogens (primary N) is 1. The number of carbonyl (C=O) groups is 1. The van der Waals surface area contributed by atoms with Crippen LogP contribution in [0, 0.1) is 0 Å². The number of hydrogen-bond acceptors (Lipinski definition) is 2. The molecule has 1 fully saturated rings. The van der Waals surface area contributed by atoms with E-state index >= 15 is 0 Å². The van der Waals surface area contributed by atoms with Crippen LogP contribution in [0.4, 0.5) is 0 Å². The molecule has 3 nitrogen and oxygen atoms in total. The Bertz CT molecular complexity index is 251. The van der Waals surface area contributed by atoms with Crippen molar-refractivity contribution in [1.82, 2.24) is 5.32 Å². The fourth-order valence-electron chi connectivity index (χ4n) is 1.27. The maximum absolute atomic E-state index is 11.0. The monoisotopic (exact) mass is 166 g/mol. The van der Waals surface area contributed by atoms with Crippen LogP contribution < -0.4 is 11.1 Å². The molecule has 0 aromatic heterocycles. The summed E-state index contributed by atoms with van der Waals surface area (Å²) in [5.41, 5.74) is 7.50. The lowest BCUT2D eigenvalue weighted by atomic mass is 10.1. The molecular weight excluding hydrogens is 152 g/mol. The van der Waals surface area contributed by atoms with Crippen LogP contribution in [-0.2, 0) is 4.79 Å². The van der Waals surface area contributed by atoms with Crippen LogP contribution in [-0.4, -0.2) is 11.9 Å². The lowest BCUT2D eigenvalue weighted by molar-refractivity contribution is -0.118. The van der Waals surface area contributed by atoms with Crippen molar-refractivity contribution < 1.29 is 4.79 Å². The van der Waals surface area contributed by atoms with Crippen LogP contribution in [0.5, 0.6) is 0 Å². The van der Waals surface area contributed by atoms with Gasteiger partial charge in [-0.15, -0.1) is 0 Å². The average Bonchev–Trinajstić information content (AvgIpc) is 2.29. The molecular formula is C9H14N2O. The minimum absolute atomic E-state index is 0.00245. The third kappa shape index (κ3) is 1.95. The lowest BCUT2D eigenvalue weighted by Gasteiger charge is -2.00. The first kappa shape index (κ1) is 9.00. The average molecular weight is 166 g/mol. The molecule has 3 heteroatoms. The van der Waals surface area contributed by atoms with Gasteiger partial charge in [0.1, 0.15) is 0 Å². The number of allylic oxidation sites excluding steroid dienone is 2. The van der Waals surface area contributed by atoms with Crippen LogP contribution >= 0.6 is 0 Å². The van der Waals surface area contributed by atoms with Crippen molar-refractivity contribution in [2.24, 2.45) is 5.73 Å². The maximum Gasteiger partial charge on any atom is 0.228 e. The predicted octanol–water partition coefficient (Wildman–Crippen LogP) is 0.684. The Balaban J connectivity index is 2.84. The fraction of sp³-hybridized carbons (Fsp3) is 0.444. The van der Waals surface area contributed by atoms with E-state index in [1.807, 2.05) is 26.0 Å². The second-order valence-corrected chi connectivity index (χ2v) is 2.98. The molecule has 0 aliphatic carbocycles. The molecule has 1 atom stereocenters. The summed E-state index contributed by atoms with van der Waals surface area (Å²) in [6, 6.07) is 0.00245. The first-order valence-corrected chi connectivity index (χ1v) is 4.06. The molecule has 0 radical (unpaired) electrons. The fourth-order valence-corrected chi connectivity index (χ4v) is 1.27. The molecule has 0 aromatic rings. The van der Waals surface area contributed by atoms with Crippen molar-refractivity contribution in [2.45, 2.75) is 26.3 Å². The Morgan fingerprint density at radius 3 is 2.83 bits per heavy atom. The SMILES string of the molecule is C/C=C1/NC(=O)C/C1=C/C(C)N. The summed E-state index contributed by atoms with van der Waals surface area (Å²) in [5, 5.41) is 2.76. The molecule has 66 valence electrons. The minimum atomic E-state index is 0.00245. The van der Waals surface area contributed by atoms with E-state index < -0.39 is 0 Å². The van der Waals surface area contributed by atoms with Gasteiger partial charge < -0.3 is 11.1 Å². The van der Waals surface area contributed by atoms with Gasteiger partial charge in [0, 0.05) is 11.7 Å². The van der Waals surface area contributed by atoms with Crippen molar-refractivity contribution in [2.75, 3.05) is 0 Å². The Morgan fingerprint density at radius 1 is 1.67 bits per heavy atom. The van der Waals surface area contributed by atoms with Crippen LogP contribution in [0.25, 0.3) is 0 Å². The number of amides is 1. The first-order chi connectivity index (χ1) is 5.63. The third-order valence-electron chi connectivity index (χ3n) is 1.72. The van der Waals surface area contributed by atoms with Crippen molar-refractivity contribution in [3.8, 4) is 0 Å². The molecule has 0 saturated carbocycles. The molecule has 12 heavy (non-hydrogen) atoms. The normalized spacial score (nSPS) is 26.4. The van der Waals surface area contributed by atoms with Gasteiger partial charge in [0.25, 0.3) is 0 Å². The van der Waals surface area contributed by atoms with E-state index in [1.54, 1.807) is 0 Å². The van der Waals surface area contributed by atoms with Gasteiger partial charge in [-0.25, -0.2) is 0 Å². The van der Waals surface area contributed by atoms with Crippen LogP contribution in [0.2, 0.25) is 0 Å². The van der Waals surface area contributed by atoms with Crippen LogP contribution in [0.3, 0.4) is 0 Å². The molecule has 3 N–H and O–H groups in total. The summed E-state index contributed by atoms with van der Waals surface area (Å²) in [6.45, 7) is 3.79.